The average molecular weight is 291 g/mol. The Bertz CT molecular complexity index is 550. The highest BCUT2D eigenvalue weighted by atomic mass is 16.4. The van der Waals surface area contributed by atoms with Crippen molar-refractivity contribution in [1.82, 2.24) is 4.90 Å². The number of carboxylic acid groups (broad SMARTS) is 1. The molecule has 0 aromatic rings. The van der Waals surface area contributed by atoms with Gasteiger partial charge in [-0.25, -0.2) is 0 Å². The zero-order valence-electron chi connectivity index (χ0n) is 12.0. The van der Waals surface area contributed by atoms with Crippen molar-refractivity contribution < 1.29 is 19.8 Å². The molecule has 3 saturated carbocycles. The van der Waals surface area contributed by atoms with Gasteiger partial charge in [-0.05, 0) is 32.1 Å². The van der Waals surface area contributed by atoms with Crippen molar-refractivity contribution in [1.29, 1.82) is 0 Å². The number of carboxylic acids is 1. The maximum atomic E-state index is 12.5. The van der Waals surface area contributed by atoms with E-state index in [0.29, 0.717) is 25.9 Å². The molecule has 2 N–H and O–H groups in total. The zero-order valence-corrected chi connectivity index (χ0v) is 12.0. The molecule has 0 spiro atoms. The Morgan fingerprint density at radius 3 is 2.43 bits per heavy atom. The Balaban J connectivity index is 1.45. The molecule has 1 amide bonds. The number of aliphatic hydroxyl groups is 1. The predicted molar refractivity (Wildman–Crippen MR) is 74.4 cm³/mol. The van der Waals surface area contributed by atoms with E-state index >= 15 is 0 Å². The molecule has 0 saturated heterocycles. The number of carbonyl (C=O) groups excluding carboxylic acids is 1. The summed E-state index contributed by atoms with van der Waals surface area (Å²) in [6, 6.07) is 0. The Morgan fingerprint density at radius 1 is 1.29 bits per heavy atom. The highest BCUT2D eigenvalue weighted by Crippen LogP contribution is 2.68. The number of aliphatic carboxylic acids is 1. The summed E-state index contributed by atoms with van der Waals surface area (Å²) < 4.78 is 0. The molecule has 0 aromatic carbocycles. The molecule has 5 nitrogen and oxygen atoms in total. The molecule has 0 radical (unpaired) electrons. The number of nitrogens with zero attached hydrogens (tertiary/aromatic N) is 1. The number of carbonyl (C=O) groups is 2. The van der Waals surface area contributed by atoms with Crippen LogP contribution in [-0.2, 0) is 9.59 Å². The van der Waals surface area contributed by atoms with Gasteiger partial charge in [0.25, 0.3) is 0 Å². The lowest BCUT2D eigenvalue weighted by atomic mass is 9.62. The molecular weight excluding hydrogens is 270 g/mol. The Morgan fingerprint density at radius 2 is 2.05 bits per heavy atom. The standard InChI is InChI=1S/C16H21NO4/c18-12-9-16(8-11(12)16)13(19)17-6-2-10(3-7-17)15(14(20)21)4-1-5-15/h2,11-12,18H,1,3-9H2,(H,20,21)/t11-,12-,16-/m1/s1. The number of rotatable bonds is 3. The van der Waals surface area contributed by atoms with Gasteiger partial charge in [0.2, 0.25) is 5.91 Å². The summed E-state index contributed by atoms with van der Waals surface area (Å²) in [5.41, 5.74) is 0.122. The van der Waals surface area contributed by atoms with Crippen molar-refractivity contribution in [2.45, 2.75) is 44.6 Å². The van der Waals surface area contributed by atoms with Gasteiger partial charge < -0.3 is 15.1 Å². The third-order valence-electron chi connectivity index (χ3n) is 6.33. The Labute approximate surface area is 123 Å². The molecule has 0 aromatic heterocycles. The lowest BCUT2D eigenvalue weighted by Gasteiger charge is -2.43. The maximum absolute atomic E-state index is 12.5. The molecule has 5 heteroatoms. The molecule has 114 valence electrons. The van der Waals surface area contributed by atoms with E-state index in [2.05, 4.69) is 0 Å². The molecule has 3 fully saturated rings. The summed E-state index contributed by atoms with van der Waals surface area (Å²) in [5, 5.41) is 19.0. The Kier molecular flexibility index (Phi) is 2.60. The van der Waals surface area contributed by atoms with Gasteiger partial charge in [-0.2, -0.15) is 0 Å². The fourth-order valence-corrected chi connectivity index (χ4v) is 4.57. The average Bonchev–Trinajstić information content (AvgIpc) is 3.04. The van der Waals surface area contributed by atoms with Crippen LogP contribution in [0.5, 0.6) is 0 Å². The molecule has 21 heavy (non-hydrogen) atoms. The lowest BCUT2D eigenvalue weighted by molar-refractivity contribution is -0.151. The molecule has 4 rings (SSSR count). The van der Waals surface area contributed by atoms with Crippen molar-refractivity contribution in [3.8, 4) is 0 Å². The third kappa shape index (κ3) is 1.61. The second-order valence-corrected chi connectivity index (χ2v) is 7.21. The third-order valence-corrected chi connectivity index (χ3v) is 6.33. The fourth-order valence-electron chi connectivity index (χ4n) is 4.57. The molecule has 0 unspecified atom stereocenters. The lowest BCUT2D eigenvalue weighted by Crippen LogP contribution is -2.48. The minimum atomic E-state index is -0.706. The summed E-state index contributed by atoms with van der Waals surface area (Å²) in [6.45, 7) is 1.16. The minimum absolute atomic E-state index is 0.172. The van der Waals surface area contributed by atoms with E-state index < -0.39 is 11.4 Å². The smallest absolute Gasteiger partial charge is 0.313 e. The van der Waals surface area contributed by atoms with Crippen LogP contribution >= 0.6 is 0 Å². The van der Waals surface area contributed by atoms with Crippen LogP contribution in [0.2, 0.25) is 0 Å². The normalized spacial score (nSPS) is 39.5. The molecular formula is C16H21NO4. The van der Waals surface area contributed by atoms with Crippen molar-refractivity contribution in [2.75, 3.05) is 13.1 Å². The summed E-state index contributed by atoms with van der Waals surface area (Å²) in [6.07, 6.45) is 6.27. The largest absolute Gasteiger partial charge is 0.481 e. The van der Waals surface area contributed by atoms with Gasteiger partial charge >= 0.3 is 5.97 Å². The Hall–Kier alpha value is -1.36. The maximum Gasteiger partial charge on any atom is 0.313 e. The monoisotopic (exact) mass is 291 g/mol. The van der Waals surface area contributed by atoms with Crippen LogP contribution in [0, 0.1) is 16.7 Å². The van der Waals surface area contributed by atoms with E-state index in [0.717, 1.165) is 31.3 Å². The van der Waals surface area contributed by atoms with Crippen molar-refractivity contribution >= 4 is 11.9 Å². The number of hydrogen-bond donors (Lipinski definition) is 2. The molecule has 4 aliphatic rings. The van der Waals surface area contributed by atoms with Crippen molar-refractivity contribution in [3.05, 3.63) is 11.6 Å². The highest BCUT2D eigenvalue weighted by Gasteiger charge is 2.72. The second kappa shape index (κ2) is 4.09. The summed E-state index contributed by atoms with van der Waals surface area (Å²) in [4.78, 5) is 25.9. The van der Waals surface area contributed by atoms with Gasteiger partial charge in [-0.1, -0.05) is 18.1 Å². The number of fused-ring (bicyclic) bond motifs is 1. The summed E-state index contributed by atoms with van der Waals surface area (Å²) in [5.74, 6) is -0.346. The van der Waals surface area contributed by atoms with E-state index in [1.165, 1.54) is 0 Å². The van der Waals surface area contributed by atoms with E-state index in [1.54, 1.807) is 0 Å². The molecule has 1 heterocycles. The summed E-state index contributed by atoms with van der Waals surface area (Å²) >= 11 is 0. The molecule has 3 aliphatic carbocycles. The first-order chi connectivity index (χ1) is 9.99. The van der Waals surface area contributed by atoms with E-state index in [1.807, 2.05) is 11.0 Å². The van der Waals surface area contributed by atoms with Crippen LogP contribution in [0.4, 0.5) is 0 Å². The fraction of sp³-hybridized carbons (Fsp3) is 0.750. The summed E-state index contributed by atoms with van der Waals surface area (Å²) in [7, 11) is 0. The van der Waals surface area contributed by atoms with Crippen molar-refractivity contribution in [3.63, 3.8) is 0 Å². The van der Waals surface area contributed by atoms with Crippen molar-refractivity contribution in [2.24, 2.45) is 16.7 Å². The van der Waals surface area contributed by atoms with Crippen LogP contribution in [-0.4, -0.2) is 46.2 Å². The van der Waals surface area contributed by atoms with Gasteiger partial charge in [-0.15, -0.1) is 0 Å². The predicted octanol–water partition coefficient (Wildman–Crippen LogP) is 1.17. The SMILES string of the molecule is O=C(O)C1(C2=CCN(C(=O)[C@]34C[C@@H](O)[C@H]3C4)CC2)CCC1. The molecule has 0 bridgehead atoms. The topological polar surface area (TPSA) is 77.8 Å². The van der Waals surface area contributed by atoms with Gasteiger partial charge in [0, 0.05) is 19.0 Å². The van der Waals surface area contributed by atoms with Crippen LogP contribution in [0.25, 0.3) is 0 Å². The number of hydrogen-bond acceptors (Lipinski definition) is 3. The first-order valence-corrected chi connectivity index (χ1v) is 7.90. The highest BCUT2D eigenvalue weighted by molar-refractivity contribution is 5.88. The molecule has 1 aliphatic heterocycles. The first-order valence-electron chi connectivity index (χ1n) is 7.90. The van der Waals surface area contributed by atoms with Crippen LogP contribution in [0.15, 0.2) is 11.6 Å². The molecule has 3 atom stereocenters. The first kappa shape index (κ1) is 13.3. The van der Waals surface area contributed by atoms with E-state index in [9.17, 15) is 19.8 Å². The van der Waals surface area contributed by atoms with Crippen LogP contribution in [0.1, 0.15) is 38.5 Å². The van der Waals surface area contributed by atoms with Gasteiger partial charge in [0.05, 0.1) is 16.9 Å². The second-order valence-electron chi connectivity index (χ2n) is 7.21. The zero-order chi connectivity index (χ0) is 14.8. The van der Waals surface area contributed by atoms with E-state index in [4.69, 9.17) is 0 Å². The minimum Gasteiger partial charge on any atom is -0.481 e. The number of amides is 1. The number of aliphatic hydroxyl groups excluding tert-OH is 1. The van der Waals surface area contributed by atoms with Crippen LogP contribution in [0.3, 0.4) is 0 Å². The van der Waals surface area contributed by atoms with E-state index in [-0.39, 0.29) is 23.3 Å². The quantitative estimate of drug-likeness (QED) is 0.765. The van der Waals surface area contributed by atoms with Gasteiger partial charge in [0.1, 0.15) is 0 Å². The van der Waals surface area contributed by atoms with Crippen LogP contribution < -0.4 is 0 Å². The van der Waals surface area contributed by atoms with Gasteiger partial charge in [0.15, 0.2) is 0 Å². The van der Waals surface area contributed by atoms with Gasteiger partial charge in [-0.3, -0.25) is 9.59 Å².